The fourth-order valence-corrected chi connectivity index (χ4v) is 1.71. The molecule has 0 aliphatic rings. The Morgan fingerprint density at radius 3 is 3.00 bits per heavy atom. The quantitative estimate of drug-likeness (QED) is 0.818. The van der Waals surface area contributed by atoms with Crippen molar-refractivity contribution in [2.75, 3.05) is 19.0 Å². The highest BCUT2D eigenvalue weighted by atomic mass is 19.1. The molecule has 0 atom stereocenters. The molecule has 0 aliphatic carbocycles. The number of anilines is 2. The van der Waals surface area contributed by atoms with Crippen LogP contribution in [0.5, 0.6) is 0 Å². The van der Waals surface area contributed by atoms with Gasteiger partial charge >= 0.3 is 0 Å². The van der Waals surface area contributed by atoms with E-state index in [0.29, 0.717) is 19.1 Å². The van der Waals surface area contributed by atoms with Crippen LogP contribution >= 0.6 is 0 Å². The molecule has 0 saturated carbocycles. The van der Waals surface area contributed by atoms with E-state index in [1.54, 1.807) is 19.5 Å². The summed E-state index contributed by atoms with van der Waals surface area (Å²) in [5.41, 5.74) is 0.0687. The number of benzene rings is 1. The topological polar surface area (TPSA) is 39.1 Å². The van der Waals surface area contributed by atoms with Gasteiger partial charge in [-0.25, -0.2) is 13.8 Å². The Balaban J connectivity index is 2.10. The third kappa shape index (κ3) is 3.51. The van der Waals surface area contributed by atoms with Crippen molar-refractivity contribution in [3.8, 4) is 0 Å². The molecule has 0 unspecified atom stereocenters. The van der Waals surface area contributed by atoms with Crippen molar-refractivity contribution in [2.45, 2.75) is 13.0 Å². The lowest BCUT2D eigenvalue weighted by Gasteiger charge is -2.10. The highest BCUT2D eigenvalue weighted by Gasteiger charge is 2.08. The van der Waals surface area contributed by atoms with Crippen LogP contribution in [0.2, 0.25) is 0 Å². The second kappa shape index (κ2) is 6.29. The molecule has 1 aromatic heterocycles. The minimum Gasteiger partial charge on any atom is -0.385 e. The first-order chi connectivity index (χ1) is 9.20. The zero-order valence-corrected chi connectivity index (χ0v) is 10.6. The summed E-state index contributed by atoms with van der Waals surface area (Å²) < 4.78 is 33.4. The number of methoxy groups -OCH3 is 1. The molecule has 0 amide bonds. The van der Waals surface area contributed by atoms with Gasteiger partial charge in [0.25, 0.3) is 0 Å². The molecule has 102 valence electrons. The summed E-state index contributed by atoms with van der Waals surface area (Å²) in [6.45, 7) is 1.32. The summed E-state index contributed by atoms with van der Waals surface area (Å²) in [5, 5.41) is 2.78. The van der Waals surface area contributed by atoms with E-state index < -0.39 is 11.6 Å². The van der Waals surface area contributed by atoms with Gasteiger partial charge in [0, 0.05) is 38.7 Å². The van der Waals surface area contributed by atoms with Gasteiger partial charge in [-0.05, 0) is 18.6 Å². The molecular weight excluding hydrogens is 252 g/mol. The lowest BCUT2D eigenvalue weighted by Crippen LogP contribution is -2.06. The Morgan fingerprint density at radius 2 is 2.21 bits per heavy atom. The Hall–Kier alpha value is -1.95. The zero-order valence-electron chi connectivity index (χ0n) is 10.6. The molecule has 19 heavy (non-hydrogen) atoms. The minimum atomic E-state index is -0.521. The lowest BCUT2D eigenvalue weighted by molar-refractivity contribution is 0.190. The van der Waals surface area contributed by atoms with Crippen LogP contribution in [-0.2, 0) is 11.3 Å². The molecule has 0 radical (unpaired) electrons. The number of nitrogens with one attached hydrogen (secondary N) is 1. The van der Waals surface area contributed by atoms with E-state index in [1.807, 2.05) is 4.57 Å². The maximum atomic E-state index is 13.5. The fourth-order valence-electron chi connectivity index (χ4n) is 1.71. The van der Waals surface area contributed by atoms with Crippen molar-refractivity contribution in [1.82, 2.24) is 9.55 Å². The maximum absolute atomic E-state index is 13.5. The lowest BCUT2D eigenvalue weighted by atomic mass is 10.3. The van der Waals surface area contributed by atoms with Crippen LogP contribution in [-0.4, -0.2) is 23.3 Å². The maximum Gasteiger partial charge on any atom is 0.207 e. The molecule has 1 heterocycles. The monoisotopic (exact) mass is 267 g/mol. The highest BCUT2D eigenvalue weighted by Crippen LogP contribution is 2.20. The second-order valence-corrected chi connectivity index (χ2v) is 4.04. The predicted octanol–water partition coefficient (Wildman–Crippen LogP) is 2.94. The van der Waals surface area contributed by atoms with Gasteiger partial charge < -0.3 is 14.6 Å². The minimum absolute atomic E-state index is 0.0687. The van der Waals surface area contributed by atoms with Crippen molar-refractivity contribution in [2.24, 2.45) is 0 Å². The van der Waals surface area contributed by atoms with Gasteiger partial charge in [-0.2, -0.15) is 0 Å². The number of nitrogens with zero attached hydrogens (tertiary/aromatic N) is 2. The standard InChI is InChI=1S/C13H15F2N3O/c1-19-8-2-6-18-7-5-16-13(18)17-12-9-10(14)3-4-11(12)15/h3-5,7,9H,2,6,8H2,1H3,(H,16,17). The number of halogens is 2. The third-order valence-electron chi connectivity index (χ3n) is 2.64. The van der Waals surface area contributed by atoms with E-state index in [9.17, 15) is 8.78 Å². The number of ether oxygens (including phenoxy) is 1. The molecule has 0 saturated heterocycles. The van der Waals surface area contributed by atoms with Gasteiger partial charge in [-0.1, -0.05) is 0 Å². The summed E-state index contributed by atoms with van der Waals surface area (Å²) in [4.78, 5) is 4.08. The number of hydrogen-bond acceptors (Lipinski definition) is 3. The Morgan fingerprint density at radius 1 is 1.37 bits per heavy atom. The average molecular weight is 267 g/mol. The van der Waals surface area contributed by atoms with Crippen LogP contribution in [0.25, 0.3) is 0 Å². The van der Waals surface area contributed by atoms with Crippen molar-refractivity contribution in [3.05, 3.63) is 42.2 Å². The molecule has 6 heteroatoms. The van der Waals surface area contributed by atoms with Crippen LogP contribution in [0, 0.1) is 11.6 Å². The number of imidazole rings is 1. The number of hydrogen-bond donors (Lipinski definition) is 1. The Labute approximate surface area is 110 Å². The third-order valence-corrected chi connectivity index (χ3v) is 2.64. The summed E-state index contributed by atoms with van der Waals surface area (Å²) in [5.74, 6) is -0.546. The van der Waals surface area contributed by atoms with E-state index in [-0.39, 0.29) is 5.69 Å². The summed E-state index contributed by atoms with van der Waals surface area (Å²) >= 11 is 0. The van der Waals surface area contributed by atoms with E-state index in [4.69, 9.17) is 4.74 Å². The fraction of sp³-hybridized carbons (Fsp3) is 0.308. The zero-order chi connectivity index (χ0) is 13.7. The molecule has 1 aromatic carbocycles. The SMILES string of the molecule is COCCCn1ccnc1Nc1cc(F)ccc1F. The van der Waals surface area contributed by atoms with Crippen molar-refractivity contribution >= 4 is 11.6 Å². The molecule has 0 spiro atoms. The average Bonchev–Trinajstić information content (AvgIpc) is 2.82. The van der Waals surface area contributed by atoms with Gasteiger partial charge in [-0.15, -0.1) is 0 Å². The Bertz CT molecular complexity index is 542. The van der Waals surface area contributed by atoms with Crippen LogP contribution in [0.1, 0.15) is 6.42 Å². The van der Waals surface area contributed by atoms with Crippen LogP contribution in [0.4, 0.5) is 20.4 Å². The molecule has 0 fully saturated rings. The first-order valence-electron chi connectivity index (χ1n) is 5.93. The van der Waals surface area contributed by atoms with E-state index >= 15 is 0 Å². The number of aromatic nitrogens is 2. The van der Waals surface area contributed by atoms with Crippen molar-refractivity contribution in [1.29, 1.82) is 0 Å². The smallest absolute Gasteiger partial charge is 0.207 e. The summed E-state index contributed by atoms with van der Waals surface area (Å²) in [6.07, 6.45) is 4.19. The molecule has 4 nitrogen and oxygen atoms in total. The number of aryl methyl sites for hydroxylation is 1. The largest absolute Gasteiger partial charge is 0.385 e. The summed E-state index contributed by atoms with van der Waals surface area (Å²) in [6, 6.07) is 3.25. The van der Waals surface area contributed by atoms with Gasteiger partial charge in [0.1, 0.15) is 11.6 Å². The first kappa shape index (κ1) is 13.5. The van der Waals surface area contributed by atoms with Gasteiger partial charge in [0.15, 0.2) is 0 Å². The van der Waals surface area contributed by atoms with Gasteiger partial charge in [0.05, 0.1) is 5.69 Å². The molecule has 2 rings (SSSR count). The molecule has 2 aromatic rings. The van der Waals surface area contributed by atoms with Crippen molar-refractivity contribution < 1.29 is 13.5 Å². The van der Waals surface area contributed by atoms with E-state index in [2.05, 4.69) is 10.3 Å². The first-order valence-corrected chi connectivity index (χ1v) is 5.93. The predicted molar refractivity (Wildman–Crippen MR) is 68.4 cm³/mol. The van der Waals surface area contributed by atoms with Crippen LogP contribution in [0.3, 0.4) is 0 Å². The summed E-state index contributed by atoms with van der Waals surface area (Å²) in [7, 11) is 1.63. The van der Waals surface area contributed by atoms with Gasteiger partial charge in [0.2, 0.25) is 5.95 Å². The van der Waals surface area contributed by atoms with Crippen LogP contribution < -0.4 is 5.32 Å². The van der Waals surface area contributed by atoms with E-state index in [0.717, 1.165) is 24.6 Å². The molecule has 0 bridgehead atoms. The molecule has 0 aliphatic heterocycles. The van der Waals surface area contributed by atoms with Crippen molar-refractivity contribution in [3.63, 3.8) is 0 Å². The highest BCUT2D eigenvalue weighted by molar-refractivity contribution is 5.54. The number of rotatable bonds is 6. The molecular formula is C13H15F2N3O. The Kier molecular flexibility index (Phi) is 4.46. The van der Waals surface area contributed by atoms with Crippen LogP contribution in [0.15, 0.2) is 30.6 Å². The van der Waals surface area contributed by atoms with E-state index in [1.165, 1.54) is 0 Å². The second-order valence-electron chi connectivity index (χ2n) is 4.04. The van der Waals surface area contributed by atoms with Gasteiger partial charge in [-0.3, -0.25) is 0 Å². The normalized spacial score (nSPS) is 10.7. The molecule has 1 N–H and O–H groups in total.